The topological polar surface area (TPSA) is 208 Å². The van der Waals surface area contributed by atoms with Gasteiger partial charge in [-0.05, 0) is 25.2 Å². The summed E-state index contributed by atoms with van der Waals surface area (Å²) in [5, 5.41) is 35.2. The molecule has 0 saturated carbocycles. The third-order valence-electron chi connectivity index (χ3n) is 4.91. The number of carboxylic acids is 2. The second kappa shape index (κ2) is 13.6. The number of carboxylic acid groups (broad SMARTS) is 2. The largest absolute Gasteiger partial charge is 0.481 e. The van der Waals surface area contributed by atoms with Crippen molar-refractivity contribution in [3.63, 3.8) is 0 Å². The molecule has 0 fully saturated rings. The van der Waals surface area contributed by atoms with Crippen LogP contribution in [0.1, 0.15) is 53.9 Å². The SMILES string of the molecule is CCC(C)C(NC(=O)C(CC(C)C)NC(=O)C(NC(=O)C(N)CC(=O)O)C(C)O)C(=O)O. The van der Waals surface area contributed by atoms with Crippen molar-refractivity contribution in [1.82, 2.24) is 16.0 Å². The van der Waals surface area contributed by atoms with Crippen molar-refractivity contribution in [3.05, 3.63) is 0 Å². The van der Waals surface area contributed by atoms with Gasteiger partial charge in [0.05, 0.1) is 18.6 Å². The lowest BCUT2D eigenvalue weighted by Gasteiger charge is -2.28. The molecule has 0 heterocycles. The molecule has 0 aromatic carbocycles. The molecule has 0 radical (unpaired) electrons. The van der Waals surface area contributed by atoms with Crippen molar-refractivity contribution in [2.24, 2.45) is 17.6 Å². The van der Waals surface area contributed by atoms with E-state index in [9.17, 15) is 34.2 Å². The number of aliphatic hydroxyl groups excluding tert-OH is 1. The van der Waals surface area contributed by atoms with Crippen LogP contribution >= 0.6 is 0 Å². The van der Waals surface area contributed by atoms with Crippen LogP contribution < -0.4 is 21.7 Å². The molecule has 0 bridgehead atoms. The Morgan fingerprint density at radius 2 is 1.38 bits per heavy atom. The average molecular weight is 461 g/mol. The summed E-state index contributed by atoms with van der Waals surface area (Å²) in [6.45, 7) is 8.29. The maximum Gasteiger partial charge on any atom is 0.326 e. The van der Waals surface area contributed by atoms with Gasteiger partial charge in [0.25, 0.3) is 0 Å². The maximum atomic E-state index is 12.8. The van der Waals surface area contributed by atoms with Crippen LogP contribution in [0.25, 0.3) is 0 Å². The number of aliphatic hydroxyl groups is 1. The molecule has 0 aromatic rings. The molecular formula is C20H36N4O8. The zero-order valence-electron chi connectivity index (χ0n) is 19.1. The Hall–Kier alpha value is -2.73. The minimum Gasteiger partial charge on any atom is -0.481 e. The van der Waals surface area contributed by atoms with Crippen LogP contribution in [0.4, 0.5) is 0 Å². The normalized spacial score (nSPS) is 16.8. The summed E-state index contributed by atoms with van der Waals surface area (Å²) < 4.78 is 0. The summed E-state index contributed by atoms with van der Waals surface area (Å²) >= 11 is 0. The Labute approximate surface area is 187 Å². The molecule has 12 nitrogen and oxygen atoms in total. The summed E-state index contributed by atoms with van der Waals surface area (Å²) in [6, 6.07) is -5.22. The van der Waals surface area contributed by atoms with E-state index in [1.165, 1.54) is 6.92 Å². The monoisotopic (exact) mass is 460 g/mol. The molecule has 12 heteroatoms. The zero-order chi connectivity index (χ0) is 25.2. The van der Waals surface area contributed by atoms with Crippen molar-refractivity contribution in [2.45, 2.75) is 84.2 Å². The predicted molar refractivity (Wildman–Crippen MR) is 114 cm³/mol. The summed E-state index contributed by atoms with van der Waals surface area (Å²) in [5.74, 6) is -5.49. The van der Waals surface area contributed by atoms with E-state index in [2.05, 4.69) is 16.0 Å². The van der Waals surface area contributed by atoms with E-state index >= 15 is 0 Å². The first-order chi connectivity index (χ1) is 14.7. The number of nitrogens with two attached hydrogens (primary N) is 1. The molecule has 0 aliphatic carbocycles. The van der Waals surface area contributed by atoms with Gasteiger partial charge in [-0.2, -0.15) is 0 Å². The fourth-order valence-electron chi connectivity index (χ4n) is 2.85. The molecule has 0 rings (SSSR count). The van der Waals surface area contributed by atoms with Crippen LogP contribution in [0.15, 0.2) is 0 Å². The molecule has 6 unspecified atom stereocenters. The van der Waals surface area contributed by atoms with E-state index in [1.54, 1.807) is 27.7 Å². The van der Waals surface area contributed by atoms with Crippen LogP contribution in [0.5, 0.6) is 0 Å². The highest BCUT2D eigenvalue weighted by atomic mass is 16.4. The Kier molecular flexibility index (Phi) is 12.5. The van der Waals surface area contributed by atoms with Gasteiger partial charge in [-0.15, -0.1) is 0 Å². The Bertz CT molecular complexity index is 683. The van der Waals surface area contributed by atoms with Crippen molar-refractivity contribution in [2.75, 3.05) is 0 Å². The van der Waals surface area contributed by atoms with Crippen molar-refractivity contribution in [1.29, 1.82) is 0 Å². The third-order valence-corrected chi connectivity index (χ3v) is 4.91. The van der Waals surface area contributed by atoms with Gasteiger partial charge in [-0.3, -0.25) is 19.2 Å². The van der Waals surface area contributed by atoms with E-state index in [1.807, 2.05) is 0 Å². The van der Waals surface area contributed by atoms with E-state index in [0.717, 1.165) is 0 Å². The molecule has 0 spiro atoms. The number of nitrogens with one attached hydrogen (secondary N) is 3. The lowest BCUT2D eigenvalue weighted by Crippen LogP contribution is -2.60. The number of hydrogen-bond donors (Lipinski definition) is 7. The Morgan fingerprint density at radius 1 is 0.844 bits per heavy atom. The fraction of sp³-hybridized carbons (Fsp3) is 0.750. The van der Waals surface area contributed by atoms with E-state index < -0.39 is 66.4 Å². The third kappa shape index (κ3) is 10.1. The quantitative estimate of drug-likeness (QED) is 0.166. The molecule has 184 valence electrons. The standard InChI is InChI=1S/C20H36N4O8/c1-6-10(4)15(20(31)32)23-18(29)13(7-9(2)3)22-19(30)16(11(5)25)24-17(28)12(21)8-14(26)27/h9-13,15-16,25H,6-8,21H2,1-5H3,(H,22,30)(H,23,29)(H,24,28)(H,26,27)(H,31,32). The van der Waals surface area contributed by atoms with Crippen LogP contribution in [0.3, 0.4) is 0 Å². The Morgan fingerprint density at radius 3 is 1.78 bits per heavy atom. The maximum absolute atomic E-state index is 12.8. The highest BCUT2D eigenvalue weighted by Gasteiger charge is 2.33. The Balaban J connectivity index is 5.49. The number of carbonyl (C=O) groups is 5. The van der Waals surface area contributed by atoms with Crippen molar-refractivity contribution >= 4 is 29.7 Å². The van der Waals surface area contributed by atoms with Crippen LogP contribution in [0, 0.1) is 11.8 Å². The van der Waals surface area contributed by atoms with Gasteiger partial charge in [-0.1, -0.05) is 34.1 Å². The van der Waals surface area contributed by atoms with Crippen LogP contribution in [-0.4, -0.2) is 75.3 Å². The molecule has 0 saturated heterocycles. The van der Waals surface area contributed by atoms with Crippen molar-refractivity contribution in [3.8, 4) is 0 Å². The molecule has 0 aliphatic heterocycles. The summed E-state index contributed by atoms with van der Waals surface area (Å²) in [4.78, 5) is 59.8. The summed E-state index contributed by atoms with van der Waals surface area (Å²) in [6.07, 6.45) is -1.38. The summed E-state index contributed by atoms with van der Waals surface area (Å²) in [5.41, 5.74) is 5.48. The first kappa shape index (κ1) is 29.3. The molecule has 6 atom stereocenters. The first-order valence-electron chi connectivity index (χ1n) is 10.5. The van der Waals surface area contributed by atoms with Gasteiger partial charge in [0.1, 0.15) is 18.1 Å². The second-order valence-corrected chi connectivity index (χ2v) is 8.33. The molecule has 32 heavy (non-hydrogen) atoms. The number of hydrogen-bond acceptors (Lipinski definition) is 7. The number of amides is 3. The van der Waals surface area contributed by atoms with Crippen molar-refractivity contribution < 1.29 is 39.3 Å². The molecule has 3 amide bonds. The van der Waals surface area contributed by atoms with E-state index in [-0.39, 0.29) is 18.3 Å². The van der Waals surface area contributed by atoms with Gasteiger partial charge >= 0.3 is 11.9 Å². The molecular weight excluding hydrogens is 424 g/mol. The molecule has 8 N–H and O–H groups in total. The second-order valence-electron chi connectivity index (χ2n) is 8.33. The highest BCUT2D eigenvalue weighted by Crippen LogP contribution is 2.11. The minimum absolute atomic E-state index is 0.0542. The minimum atomic E-state index is -1.50. The van der Waals surface area contributed by atoms with E-state index in [4.69, 9.17) is 10.8 Å². The first-order valence-corrected chi connectivity index (χ1v) is 10.5. The zero-order valence-corrected chi connectivity index (χ0v) is 19.1. The number of rotatable bonds is 14. The van der Waals surface area contributed by atoms with E-state index in [0.29, 0.717) is 6.42 Å². The lowest BCUT2D eigenvalue weighted by atomic mass is 9.97. The fourth-order valence-corrected chi connectivity index (χ4v) is 2.85. The lowest BCUT2D eigenvalue weighted by molar-refractivity contribution is -0.144. The molecule has 0 aliphatic rings. The average Bonchev–Trinajstić information content (AvgIpc) is 2.66. The van der Waals surface area contributed by atoms with Gasteiger partial charge in [0, 0.05) is 0 Å². The van der Waals surface area contributed by atoms with Gasteiger partial charge in [0.15, 0.2) is 0 Å². The molecule has 0 aromatic heterocycles. The highest BCUT2D eigenvalue weighted by molar-refractivity contribution is 5.95. The predicted octanol–water partition coefficient (Wildman–Crippen LogP) is -1.20. The number of aliphatic carboxylic acids is 2. The van der Waals surface area contributed by atoms with Gasteiger partial charge < -0.3 is 37.0 Å². The number of carbonyl (C=O) groups excluding carboxylic acids is 3. The van der Waals surface area contributed by atoms with Gasteiger partial charge in [0.2, 0.25) is 17.7 Å². The van der Waals surface area contributed by atoms with Crippen LogP contribution in [-0.2, 0) is 24.0 Å². The summed E-state index contributed by atoms with van der Waals surface area (Å²) in [7, 11) is 0. The van der Waals surface area contributed by atoms with Crippen LogP contribution in [0.2, 0.25) is 0 Å². The van der Waals surface area contributed by atoms with Gasteiger partial charge in [-0.25, -0.2) is 4.79 Å². The smallest absolute Gasteiger partial charge is 0.326 e.